The Labute approximate surface area is 150 Å². The number of hydrogen-bond donors (Lipinski definition) is 0. The van der Waals surface area contributed by atoms with Crippen LogP contribution in [0.2, 0.25) is 0 Å². The van der Waals surface area contributed by atoms with Crippen molar-refractivity contribution in [3.8, 4) is 5.75 Å². The number of nitrogens with zero attached hydrogens (tertiary/aromatic N) is 1. The summed E-state index contributed by atoms with van der Waals surface area (Å²) in [6.07, 6.45) is 0. The van der Waals surface area contributed by atoms with Gasteiger partial charge in [0.1, 0.15) is 5.75 Å². The molecule has 2 heterocycles. The molecule has 25 heavy (non-hydrogen) atoms. The van der Waals surface area contributed by atoms with Crippen molar-refractivity contribution in [1.82, 2.24) is 0 Å². The van der Waals surface area contributed by atoms with Crippen molar-refractivity contribution in [2.45, 2.75) is 65.1 Å². The zero-order valence-corrected chi connectivity index (χ0v) is 16.5. The molecule has 0 atom stereocenters. The summed E-state index contributed by atoms with van der Waals surface area (Å²) in [5, 5.41) is 0. The summed E-state index contributed by atoms with van der Waals surface area (Å²) in [5.74, 6) is 0.716. The fraction of sp³-hybridized carbons (Fsp3) is 0.632. The SMILES string of the molecule is CN1C(=O)COc2c1cc(B1OC(C)(C)C(C)(C)O1)cc2C(C)(C)C. The number of benzene rings is 1. The number of hydrogen-bond acceptors (Lipinski definition) is 4. The van der Waals surface area contributed by atoms with Crippen LogP contribution in [0.5, 0.6) is 5.75 Å². The van der Waals surface area contributed by atoms with E-state index in [1.807, 2.05) is 33.8 Å². The van der Waals surface area contributed by atoms with Crippen LogP contribution < -0.4 is 15.1 Å². The first kappa shape index (κ1) is 18.3. The van der Waals surface area contributed by atoms with Crippen LogP contribution >= 0.6 is 0 Å². The number of carbonyl (C=O) groups is 1. The third kappa shape index (κ3) is 2.95. The molecule has 5 nitrogen and oxygen atoms in total. The molecule has 1 aromatic carbocycles. The number of rotatable bonds is 1. The molecule has 0 spiro atoms. The molecule has 0 unspecified atom stereocenters. The Morgan fingerprint density at radius 2 is 1.64 bits per heavy atom. The van der Waals surface area contributed by atoms with E-state index in [9.17, 15) is 4.79 Å². The van der Waals surface area contributed by atoms with E-state index >= 15 is 0 Å². The normalized spacial score (nSPS) is 22.0. The van der Waals surface area contributed by atoms with Crippen molar-refractivity contribution in [2.75, 3.05) is 18.6 Å². The number of fused-ring (bicyclic) bond motifs is 1. The minimum atomic E-state index is -0.471. The molecule has 1 amide bonds. The molecule has 0 N–H and O–H groups in total. The molecular weight excluding hydrogens is 317 g/mol. The van der Waals surface area contributed by atoms with Crippen LogP contribution in [-0.2, 0) is 19.5 Å². The van der Waals surface area contributed by atoms with Crippen LogP contribution in [0.15, 0.2) is 12.1 Å². The van der Waals surface area contributed by atoms with Gasteiger partial charge in [-0.25, -0.2) is 0 Å². The van der Waals surface area contributed by atoms with Crippen molar-refractivity contribution >= 4 is 24.2 Å². The number of carbonyl (C=O) groups excluding carboxylic acids is 1. The van der Waals surface area contributed by atoms with E-state index in [1.165, 1.54) is 0 Å². The lowest BCUT2D eigenvalue weighted by molar-refractivity contribution is -0.121. The molecular formula is C19H28BNO4. The molecule has 1 fully saturated rings. The van der Waals surface area contributed by atoms with Crippen LogP contribution in [0.1, 0.15) is 54.0 Å². The molecule has 0 bridgehead atoms. The predicted molar refractivity (Wildman–Crippen MR) is 99.8 cm³/mol. The Morgan fingerprint density at radius 1 is 1.08 bits per heavy atom. The summed E-state index contributed by atoms with van der Waals surface area (Å²) < 4.78 is 18.2. The zero-order valence-electron chi connectivity index (χ0n) is 16.5. The average molecular weight is 345 g/mol. The Balaban J connectivity index is 2.12. The first-order valence-corrected chi connectivity index (χ1v) is 8.77. The molecule has 1 aromatic rings. The molecule has 3 rings (SSSR count). The lowest BCUT2D eigenvalue weighted by atomic mass is 9.74. The zero-order chi connectivity index (χ0) is 18.8. The highest BCUT2D eigenvalue weighted by Gasteiger charge is 2.52. The summed E-state index contributed by atoms with van der Waals surface area (Å²) in [6.45, 7) is 14.6. The summed E-state index contributed by atoms with van der Waals surface area (Å²) in [5.41, 5.74) is 1.78. The quantitative estimate of drug-likeness (QED) is 0.735. The maximum Gasteiger partial charge on any atom is 0.494 e. The summed E-state index contributed by atoms with van der Waals surface area (Å²) in [4.78, 5) is 13.8. The van der Waals surface area contributed by atoms with Crippen LogP contribution in [0, 0.1) is 0 Å². The van der Waals surface area contributed by atoms with Crippen molar-refractivity contribution < 1.29 is 18.8 Å². The smallest absolute Gasteiger partial charge is 0.481 e. The van der Waals surface area contributed by atoms with Gasteiger partial charge in [-0.2, -0.15) is 0 Å². The van der Waals surface area contributed by atoms with Gasteiger partial charge in [0.2, 0.25) is 0 Å². The van der Waals surface area contributed by atoms with Crippen LogP contribution in [0.3, 0.4) is 0 Å². The summed E-state index contributed by atoms with van der Waals surface area (Å²) >= 11 is 0. The highest BCUT2D eigenvalue weighted by molar-refractivity contribution is 6.62. The van der Waals surface area contributed by atoms with Gasteiger partial charge in [-0.1, -0.05) is 26.8 Å². The first-order valence-electron chi connectivity index (χ1n) is 8.77. The van der Waals surface area contributed by atoms with Crippen molar-refractivity contribution in [3.63, 3.8) is 0 Å². The minimum Gasteiger partial charge on any atom is -0.481 e. The van der Waals surface area contributed by atoms with Gasteiger partial charge in [0, 0.05) is 12.6 Å². The van der Waals surface area contributed by atoms with Crippen LogP contribution in [0.4, 0.5) is 5.69 Å². The minimum absolute atomic E-state index is 0.0570. The maximum absolute atomic E-state index is 12.1. The van der Waals surface area contributed by atoms with E-state index in [0.717, 1.165) is 22.5 Å². The monoisotopic (exact) mass is 345 g/mol. The Morgan fingerprint density at radius 3 is 2.16 bits per heavy atom. The molecule has 2 aliphatic heterocycles. The van der Waals surface area contributed by atoms with E-state index in [4.69, 9.17) is 14.0 Å². The van der Waals surface area contributed by atoms with Crippen molar-refractivity contribution in [2.24, 2.45) is 0 Å². The van der Waals surface area contributed by atoms with E-state index in [1.54, 1.807) is 11.9 Å². The number of anilines is 1. The van der Waals surface area contributed by atoms with Crippen LogP contribution in [-0.4, -0.2) is 37.9 Å². The second kappa shape index (κ2) is 5.48. The van der Waals surface area contributed by atoms with Gasteiger partial charge >= 0.3 is 7.12 Å². The van der Waals surface area contributed by atoms with Crippen molar-refractivity contribution in [3.05, 3.63) is 17.7 Å². The third-order valence-electron chi connectivity index (χ3n) is 5.50. The molecule has 136 valence electrons. The molecule has 0 saturated carbocycles. The fourth-order valence-electron chi connectivity index (χ4n) is 3.07. The van der Waals surface area contributed by atoms with E-state index < -0.39 is 18.3 Å². The predicted octanol–water partition coefficient (Wildman–Crippen LogP) is 2.64. The van der Waals surface area contributed by atoms with Gasteiger partial charge in [-0.15, -0.1) is 0 Å². The van der Waals surface area contributed by atoms with Gasteiger partial charge in [0.15, 0.2) is 6.61 Å². The molecule has 2 aliphatic rings. The average Bonchev–Trinajstić information content (AvgIpc) is 2.69. The number of ether oxygens (including phenoxy) is 1. The van der Waals surface area contributed by atoms with E-state index in [-0.39, 0.29) is 17.9 Å². The molecule has 6 heteroatoms. The molecule has 0 aromatic heterocycles. The summed E-state index contributed by atoms with van der Waals surface area (Å²) in [6, 6.07) is 4.04. The van der Waals surface area contributed by atoms with Gasteiger partial charge in [0.05, 0.1) is 16.9 Å². The van der Waals surface area contributed by atoms with E-state index in [0.29, 0.717) is 0 Å². The highest BCUT2D eigenvalue weighted by atomic mass is 16.7. The van der Waals surface area contributed by atoms with E-state index in [2.05, 4.69) is 26.8 Å². The highest BCUT2D eigenvalue weighted by Crippen LogP contribution is 2.42. The number of likely N-dealkylation sites (N-methyl/N-ethyl adjacent to an activating group) is 1. The number of amides is 1. The Bertz CT molecular complexity index is 705. The lowest BCUT2D eigenvalue weighted by Gasteiger charge is -2.32. The molecule has 0 radical (unpaired) electrons. The van der Waals surface area contributed by atoms with Gasteiger partial charge in [-0.05, 0) is 44.6 Å². The first-order chi connectivity index (χ1) is 11.3. The van der Waals surface area contributed by atoms with Crippen molar-refractivity contribution in [1.29, 1.82) is 0 Å². The second-order valence-electron chi connectivity index (χ2n) is 9.00. The standard InChI is InChI=1S/C19H28BNO4/c1-17(2,3)13-9-12(20-24-18(4,5)19(6,7)25-20)10-14-16(13)23-11-15(22)21(14)8/h9-10H,11H2,1-8H3. The van der Waals surface area contributed by atoms with Gasteiger partial charge < -0.3 is 18.9 Å². The molecule has 1 saturated heterocycles. The van der Waals surface area contributed by atoms with Crippen LogP contribution in [0.25, 0.3) is 0 Å². The van der Waals surface area contributed by atoms with Gasteiger partial charge in [0.25, 0.3) is 5.91 Å². The molecule has 0 aliphatic carbocycles. The Hall–Kier alpha value is -1.53. The summed E-state index contributed by atoms with van der Waals surface area (Å²) in [7, 11) is 1.31. The van der Waals surface area contributed by atoms with Gasteiger partial charge in [-0.3, -0.25) is 4.79 Å². The Kier molecular flexibility index (Phi) is 4.01. The third-order valence-corrected chi connectivity index (χ3v) is 5.50. The lowest BCUT2D eigenvalue weighted by Crippen LogP contribution is -2.41. The maximum atomic E-state index is 12.1. The fourth-order valence-corrected chi connectivity index (χ4v) is 3.07. The second-order valence-corrected chi connectivity index (χ2v) is 9.00. The topological polar surface area (TPSA) is 48.0 Å². The largest absolute Gasteiger partial charge is 0.494 e.